The van der Waals surface area contributed by atoms with Crippen LogP contribution in [0.4, 0.5) is 0 Å². The molecule has 0 radical (unpaired) electrons. The minimum absolute atomic E-state index is 0.198. The van der Waals surface area contributed by atoms with Crippen molar-refractivity contribution in [3.8, 4) is 0 Å². The molecule has 0 bridgehead atoms. The van der Waals surface area contributed by atoms with E-state index in [1.54, 1.807) is 51.1 Å². The van der Waals surface area contributed by atoms with Crippen molar-refractivity contribution in [1.29, 1.82) is 0 Å². The maximum atomic E-state index is 13.0. The van der Waals surface area contributed by atoms with Crippen LogP contribution in [0.3, 0.4) is 0 Å². The lowest BCUT2D eigenvalue weighted by molar-refractivity contribution is -0.138. The van der Waals surface area contributed by atoms with E-state index in [4.69, 9.17) is 5.11 Å². The SMILES string of the molecule is CC(NC1=C(c2ccccc2)S(=O)(=O)N(C(C)(C)C)C1=O)C(=O)O. The Balaban J connectivity index is 2.69. The van der Waals surface area contributed by atoms with E-state index in [-0.39, 0.29) is 10.6 Å². The lowest BCUT2D eigenvalue weighted by Gasteiger charge is -2.30. The number of nitrogens with one attached hydrogen (secondary N) is 1. The van der Waals surface area contributed by atoms with Crippen LogP contribution in [0.1, 0.15) is 33.3 Å². The summed E-state index contributed by atoms with van der Waals surface area (Å²) >= 11 is 0. The number of hydrogen-bond acceptors (Lipinski definition) is 5. The van der Waals surface area contributed by atoms with Gasteiger partial charge in [0.15, 0.2) is 0 Å². The Kier molecular flexibility index (Phi) is 4.45. The fourth-order valence-corrected chi connectivity index (χ4v) is 4.53. The van der Waals surface area contributed by atoms with Gasteiger partial charge >= 0.3 is 5.97 Å². The van der Waals surface area contributed by atoms with E-state index < -0.39 is 33.5 Å². The van der Waals surface area contributed by atoms with E-state index in [2.05, 4.69) is 5.32 Å². The van der Waals surface area contributed by atoms with Crippen molar-refractivity contribution in [3.05, 3.63) is 41.6 Å². The zero-order valence-corrected chi connectivity index (χ0v) is 14.7. The number of carbonyl (C=O) groups is 2. The molecule has 2 rings (SSSR count). The van der Waals surface area contributed by atoms with Gasteiger partial charge in [-0.15, -0.1) is 0 Å². The summed E-state index contributed by atoms with van der Waals surface area (Å²) in [6.07, 6.45) is 0. The predicted octanol–water partition coefficient (Wildman–Crippen LogP) is 1.39. The van der Waals surface area contributed by atoms with Gasteiger partial charge in [-0.3, -0.25) is 9.59 Å². The quantitative estimate of drug-likeness (QED) is 0.849. The monoisotopic (exact) mass is 352 g/mol. The Hall–Kier alpha value is -2.35. The molecular formula is C16H20N2O5S. The number of sulfonamides is 1. The molecular weight excluding hydrogens is 332 g/mol. The molecule has 0 spiro atoms. The van der Waals surface area contributed by atoms with Gasteiger partial charge in [-0.1, -0.05) is 30.3 Å². The fraction of sp³-hybridized carbons (Fsp3) is 0.375. The molecule has 0 aromatic heterocycles. The Morgan fingerprint density at radius 3 is 2.21 bits per heavy atom. The van der Waals surface area contributed by atoms with E-state index in [1.807, 2.05) is 0 Å². The van der Waals surface area contributed by atoms with E-state index >= 15 is 0 Å². The van der Waals surface area contributed by atoms with Gasteiger partial charge in [0.1, 0.15) is 16.6 Å². The molecule has 1 aromatic rings. The van der Waals surface area contributed by atoms with Gasteiger partial charge in [-0.25, -0.2) is 12.7 Å². The average Bonchev–Trinajstić information content (AvgIpc) is 2.65. The molecule has 2 N–H and O–H groups in total. The predicted molar refractivity (Wildman–Crippen MR) is 89.1 cm³/mol. The van der Waals surface area contributed by atoms with Gasteiger partial charge in [-0.2, -0.15) is 0 Å². The second-order valence-corrected chi connectivity index (χ2v) is 8.24. The third-order valence-electron chi connectivity index (χ3n) is 3.50. The fourth-order valence-electron chi connectivity index (χ4n) is 2.48. The van der Waals surface area contributed by atoms with Crippen LogP contribution in [0.25, 0.3) is 4.91 Å². The molecule has 8 heteroatoms. The number of carbonyl (C=O) groups excluding carboxylic acids is 1. The maximum Gasteiger partial charge on any atom is 0.325 e. The minimum atomic E-state index is -4.10. The van der Waals surface area contributed by atoms with Crippen molar-refractivity contribution in [2.45, 2.75) is 39.3 Å². The molecule has 1 atom stereocenters. The van der Waals surface area contributed by atoms with Gasteiger partial charge < -0.3 is 10.4 Å². The van der Waals surface area contributed by atoms with Crippen molar-refractivity contribution in [2.24, 2.45) is 0 Å². The van der Waals surface area contributed by atoms with E-state index in [9.17, 15) is 18.0 Å². The molecule has 130 valence electrons. The average molecular weight is 352 g/mol. The van der Waals surface area contributed by atoms with Gasteiger partial charge in [0.05, 0.1) is 5.54 Å². The molecule has 0 aliphatic carbocycles. The van der Waals surface area contributed by atoms with Gasteiger partial charge in [-0.05, 0) is 33.3 Å². The Bertz CT molecular complexity index is 807. The lowest BCUT2D eigenvalue weighted by atomic mass is 10.1. The summed E-state index contributed by atoms with van der Waals surface area (Å²) in [6, 6.07) is 7.05. The summed E-state index contributed by atoms with van der Waals surface area (Å²) in [4.78, 5) is 23.7. The number of benzene rings is 1. The second-order valence-electron chi connectivity index (χ2n) is 6.52. The summed E-state index contributed by atoms with van der Waals surface area (Å²) in [7, 11) is -4.10. The highest BCUT2D eigenvalue weighted by atomic mass is 32.2. The number of rotatable bonds is 4. The Morgan fingerprint density at radius 1 is 1.21 bits per heavy atom. The van der Waals surface area contributed by atoms with Crippen molar-refractivity contribution >= 4 is 26.8 Å². The highest BCUT2D eigenvalue weighted by molar-refractivity contribution is 7.99. The van der Waals surface area contributed by atoms with Crippen LogP contribution >= 0.6 is 0 Å². The van der Waals surface area contributed by atoms with Crippen molar-refractivity contribution in [1.82, 2.24) is 9.62 Å². The van der Waals surface area contributed by atoms with E-state index in [1.165, 1.54) is 6.92 Å². The number of nitrogens with zero attached hydrogens (tertiary/aromatic N) is 1. The summed E-state index contributed by atoms with van der Waals surface area (Å²) in [5, 5.41) is 11.6. The first-order valence-corrected chi connectivity index (χ1v) is 8.80. The normalized spacial score (nSPS) is 18.7. The largest absolute Gasteiger partial charge is 0.480 e. The van der Waals surface area contributed by atoms with Gasteiger partial charge in [0.25, 0.3) is 15.9 Å². The topological polar surface area (TPSA) is 104 Å². The third-order valence-corrected chi connectivity index (χ3v) is 5.65. The first-order valence-electron chi connectivity index (χ1n) is 7.36. The smallest absolute Gasteiger partial charge is 0.325 e. The van der Waals surface area contributed by atoms with Crippen LogP contribution in [0, 0.1) is 0 Å². The Labute approximate surface area is 141 Å². The van der Waals surface area contributed by atoms with Crippen LogP contribution in [-0.4, -0.2) is 41.3 Å². The molecule has 0 fully saturated rings. The number of hydrogen-bond donors (Lipinski definition) is 2. The number of carboxylic acid groups (broad SMARTS) is 1. The van der Waals surface area contributed by atoms with Crippen molar-refractivity contribution < 1.29 is 23.1 Å². The van der Waals surface area contributed by atoms with Gasteiger partial charge in [0, 0.05) is 0 Å². The van der Waals surface area contributed by atoms with Gasteiger partial charge in [0.2, 0.25) is 0 Å². The highest BCUT2D eigenvalue weighted by Crippen LogP contribution is 2.38. The minimum Gasteiger partial charge on any atom is -0.480 e. The molecule has 1 aliphatic rings. The van der Waals surface area contributed by atoms with E-state index in [0.717, 1.165) is 4.31 Å². The van der Waals surface area contributed by atoms with Crippen LogP contribution in [-0.2, 0) is 19.6 Å². The summed E-state index contributed by atoms with van der Waals surface area (Å²) in [5.41, 5.74) is -0.866. The number of aliphatic carboxylic acids is 1. The van der Waals surface area contributed by atoms with Crippen LogP contribution in [0.5, 0.6) is 0 Å². The zero-order valence-electron chi connectivity index (χ0n) is 13.9. The first kappa shape index (κ1) is 18.0. The molecule has 7 nitrogen and oxygen atoms in total. The van der Waals surface area contributed by atoms with Crippen molar-refractivity contribution in [2.75, 3.05) is 0 Å². The molecule has 1 unspecified atom stereocenters. The van der Waals surface area contributed by atoms with Crippen molar-refractivity contribution in [3.63, 3.8) is 0 Å². The van der Waals surface area contributed by atoms with Crippen LogP contribution in [0.2, 0.25) is 0 Å². The maximum absolute atomic E-state index is 13.0. The summed E-state index contributed by atoms with van der Waals surface area (Å²) < 4.78 is 26.7. The van der Waals surface area contributed by atoms with Crippen LogP contribution in [0.15, 0.2) is 36.0 Å². The Morgan fingerprint density at radius 2 is 1.75 bits per heavy atom. The summed E-state index contributed by atoms with van der Waals surface area (Å²) in [6.45, 7) is 6.16. The zero-order chi connectivity index (χ0) is 18.3. The second kappa shape index (κ2) is 5.94. The van der Waals surface area contributed by atoms with E-state index in [0.29, 0.717) is 5.56 Å². The first-order chi connectivity index (χ1) is 11.0. The standard InChI is InChI=1S/C16H20N2O5S/c1-10(15(20)21)17-12-13(11-8-6-5-7-9-11)24(22,23)18(14(12)19)16(2,3)4/h5-10,17H,1-4H3,(H,20,21). The summed E-state index contributed by atoms with van der Waals surface area (Å²) in [5.74, 6) is -1.94. The molecule has 0 saturated carbocycles. The number of amides is 1. The van der Waals surface area contributed by atoms with Crippen LogP contribution < -0.4 is 5.32 Å². The molecule has 1 aromatic carbocycles. The molecule has 0 saturated heterocycles. The molecule has 24 heavy (non-hydrogen) atoms. The third kappa shape index (κ3) is 3.01. The highest BCUT2D eigenvalue weighted by Gasteiger charge is 2.49. The molecule has 1 heterocycles. The molecule has 1 aliphatic heterocycles. The number of carboxylic acids is 1. The molecule has 1 amide bonds. The lowest BCUT2D eigenvalue weighted by Crippen LogP contribution is -2.47.